The molecule has 2 atom stereocenters. The third-order valence-corrected chi connectivity index (χ3v) is 3.30. The molecular formula is C11H18N4O3. The van der Waals surface area contributed by atoms with E-state index in [1.54, 1.807) is 0 Å². The highest BCUT2D eigenvalue weighted by molar-refractivity contribution is 6.03. The zero-order valence-electron chi connectivity index (χ0n) is 10.6. The maximum Gasteiger partial charge on any atom is 0.328 e. The van der Waals surface area contributed by atoms with E-state index in [9.17, 15) is 14.4 Å². The molecule has 2 rings (SSSR count). The highest BCUT2D eigenvalue weighted by Crippen LogP contribution is 2.19. The Bertz CT molecular complexity index is 384. The zero-order valence-corrected chi connectivity index (χ0v) is 10.6. The SMILES string of the molecule is CCCCN1C(=O)[C@H]2NC(=O)N[C@@H]2N(CC)C1=O. The average Bonchev–Trinajstić information content (AvgIpc) is 2.72. The Morgan fingerprint density at radius 3 is 2.50 bits per heavy atom. The predicted octanol–water partition coefficient (Wildman–Crippen LogP) is 0.0781. The summed E-state index contributed by atoms with van der Waals surface area (Å²) in [5, 5.41) is 5.16. The van der Waals surface area contributed by atoms with Crippen LogP contribution in [0.1, 0.15) is 26.7 Å². The fourth-order valence-corrected chi connectivity index (χ4v) is 2.32. The third-order valence-electron chi connectivity index (χ3n) is 3.30. The normalized spacial score (nSPS) is 27.1. The molecule has 100 valence electrons. The summed E-state index contributed by atoms with van der Waals surface area (Å²) in [4.78, 5) is 38.4. The van der Waals surface area contributed by atoms with Crippen LogP contribution in [0.5, 0.6) is 0 Å². The lowest BCUT2D eigenvalue weighted by molar-refractivity contribution is -0.134. The molecule has 0 unspecified atom stereocenters. The number of unbranched alkanes of at least 4 members (excludes halogenated alkanes) is 1. The molecule has 5 amide bonds. The number of hydrogen-bond donors (Lipinski definition) is 2. The number of carbonyl (C=O) groups excluding carboxylic acids is 3. The third kappa shape index (κ3) is 1.89. The molecule has 0 spiro atoms. The molecule has 2 N–H and O–H groups in total. The summed E-state index contributed by atoms with van der Waals surface area (Å²) in [6.45, 7) is 4.69. The molecule has 18 heavy (non-hydrogen) atoms. The molecule has 0 aromatic carbocycles. The van der Waals surface area contributed by atoms with Gasteiger partial charge in [-0.1, -0.05) is 13.3 Å². The second-order valence-electron chi connectivity index (χ2n) is 4.45. The van der Waals surface area contributed by atoms with E-state index in [1.807, 2.05) is 13.8 Å². The van der Waals surface area contributed by atoms with Gasteiger partial charge in [-0.2, -0.15) is 0 Å². The van der Waals surface area contributed by atoms with Crippen molar-refractivity contribution in [3.05, 3.63) is 0 Å². The van der Waals surface area contributed by atoms with E-state index in [0.29, 0.717) is 13.1 Å². The van der Waals surface area contributed by atoms with E-state index in [1.165, 1.54) is 9.80 Å². The molecule has 2 heterocycles. The van der Waals surface area contributed by atoms with Crippen molar-refractivity contribution in [1.29, 1.82) is 0 Å². The van der Waals surface area contributed by atoms with E-state index in [-0.39, 0.29) is 11.9 Å². The van der Waals surface area contributed by atoms with Crippen molar-refractivity contribution < 1.29 is 14.4 Å². The van der Waals surface area contributed by atoms with Gasteiger partial charge >= 0.3 is 12.1 Å². The van der Waals surface area contributed by atoms with Crippen LogP contribution < -0.4 is 10.6 Å². The topological polar surface area (TPSA) is 81.8 Å². The van der Waals surface area contributed by atoms with Crippen LogP contribution in [-0.2, 0) is 4.79 Å². The Morgan fingerprint density at radius 1 is 1.17 bits per heavy atom. The van der Waals surface area contributed by atoms with Crippen LogP contribution in [-0.4, -0.2) is 53.1 Å². The number of nitrogens with zero attached hydrogens (tertiary/aromatic N) is 2. The highest BCUT2D eigenvalue weighted by atomic mass is 16.2. The number of urea groups is 2. The predicted molar refractivity (Wildman–Crippen MR) is 63.6 cm³/mol. The Hall–Kier alpha value is -1.79. The average molecular weight is 254 g/mol. The summed E-state index contributed by atoms with van der Waals surface area (Å²) in [7, 11) is 0. The highest BCUT2D eigenvalue weighted by Gasteiger charge is 2.50. The van der Waals surface area contributed by atoms with Crippen molar-refractivity contribution in [3.63, 3.8) is 0 Å². The summed E-state index contributed by atoms with van der Waals surface area (Å²) < 4.78 is 0. The lowest BCUT2D eigenvalue weighted by Gasteiger charge is -2.40. The molecule has 7 heteroatoms. The van der Waals surface area contributed by atoms with Gasteiger partial charge in [0, 0.05) is 13.1 Å². The van der Waals surface area contributed by atoms with Crippen LogP contribution in [0, 0.1) is 0 Å². The Balaban J connectivity index is 2.22. The van der Waals surface area contributed by atoms with Gasteiger partial charge in [-0.3, -0.25) is 9.69 Å². The molecule has 7 nitrogen and oxygen atoms in total. The lowest BCUT2D eigenvalue weighted by atomic mass is 10.1. The molecular weight excluding hydrogens is 236 g/mol. The number of rotatable bonds is 4. The quantitative estimate of drug-likeness (QED) is 0.745. The molecule has 0 aromatic rings. The van der Waals surface area contributed by atoms with Crippen LogP contribution in [0.15, 0.2) is 0 Å². The number of amides is 5. The Labute approximate surface area is 105 Å². The van der Waals surface area contributed by atoms with Crippen molar-refractivity contribution in [1.82, 2.24) is 20.4 Å². The van der Waals surface area contributed by atoms with Crippen molar-refractivity contribution in [2.45, 2.75) is 38.9 Å². The molecule has 2 fully saturated rings. The van der Waals surface area contributed by atoms with Crippen LogP contribution in [0.3, 0.4) is 0 Å². The van der Waals surface area contributed by atoms with Crippen molar-refractivity contribution >= 4 is 18.0 Å². The zero-order chi connectivity index (χ0) is 13.3. The van der Waals surface area contributed by atoms with Crippen LogP contribution in [0.2, 0.25) is 0 Å². The first-order valence-corrected chi connectivity index (χ1v) is 6.29. The number of imide groups is 1. The molecule has 0 aliphatic carbocycles. The van der Waals surface area contributed by atoms with Crippen LogP contribution in [0.25, 0.3) is 0 Å². The fourth-order valence-electron chi connectivity index (χ4n) is 2.32. The number of hydrogen-bond acceptors (Lipinski definition) is 3. The Morgan fingerprint density at radius 2 is 1.89 bits per heavy atom. The molecule has 0 aromatic heterocycles. The second kappa shape index (κ2) is 4.83. The van der Waals surface area contributed by atoms with Gasteiger partial charge in [0.2, 0.25) is 0 Å². The standard InChI is InChI=1S/C11H18N4O3/c1-3-5-6-15-9(16)7-8(13-10(17)12-7)14(4-2)11(15)18/h7-8H,3-6H2,1-2H3,(H2,12,13,17)/t7-,8+/m0/s1. The van der Waals surface area contributed by atoms with Gasteiger partial charge in [-0.25, -0.2) is 9.59 Å². The summed E-state index contributed by atoms with van der Waals surface area (Å²) in [5.41, 5.74) is 0. The molecule has 0 radical (unpaired) electrons. The number of carbonyl (C=O) groups is 3. The van der Waals surface area contributed by atoms with Crippen molar-refractivity contribution in [2.24, 2.45) is 0 Å². The van der Waals surface area contributed by atoms with Crippen LogP contribution >= 0.6 is 0 Å². The largest absolute Gasteiger partial charge is 0.328 e. The first-order valence-electron chi connectivity index (χ1n) is 6.29. The summed E-state index contributed by atoms with van der Waals surface area (Å²) in [5.74, 6) is -0.318. The minimum Gasteiger partial charge on any atom is -0.323 e. The Kier molecular flexibility index (Phi) is 3.40. The monoisotopic (exact) mass is 254 g/mol. The van der Waals surface area contributed by atoms with E-state index < -0.39 is 18.2 Å². The minimum absolute atomic E-state index is 0.318. The minimum atomic E-state index is -0.660. The first-order chi connectivity index (χ1) is 8.60. The van der Waals surface area contributed by atoms with Gasteiger partial charge < -0.3 is 15.5 Å². The summed E-state index contributed by atoms with van der Waals surface area (Å²) in [6.07, 6.45) is 1.12. The number of fused-ring (bicyclic) bond motifs is 1. The fraction of sp³-hybridized carbons (Fsp3) is 0.727. The van der Waals surface area contributed by atoms with Gasteiger partial charge in [0.1, 0.15) is 12.2 Å². The van der Waals surface area contributed by atoms with E-state index in [2.05, 4.69) is 10.6 Å². The van der Waals surface area contributed by atoms with E-state index in [4.69, 9.17) is 0 Å². The molecule has 0 bridgehead atoms. The van der Waals surface area contributed by atoms with E-state index >= 15 is 0 Å². The van der Waals surface area contributed by atoms with Crippen molar-refractivity contribution in [2.75, 3.05) is 13.1 Å². The number of likely N-dealkylation sites (N-methyl/N-ethyl adjacent to an activating group) is 1. The first kappa shape index (κ1) is 12.7. The van der Waals surface area contributed by atoms with Crippen molar-refractivity contribution in [3.8, 4) is 0 Å². The van der Waals surface area contributed by atoms with Gasteiger partial charge in [0.25, 0.3) is 5.91 Å². The lowest BCUT2D eigenvalue weighted by Crippen LogP contribution is -2.66. The molecule has 2 aliphatic heterocycles. The van der Waals surface area contributed by atoms with Gasteiger partial charge in [-0.15, -0.1) is 0 Å². The summed E-state index contributed by atoms with van der Waals surface area (Å²) >= 11 is 0. The van der Waals surface area contributed by atoms with E-state index in [0.717, 1.165) is 12.8 Å². The van der Waals surface area contributed by atoms with Gasteiger partial charge in [0.15, 0.2) is 0 Å². The molecule has 0 saturated carbocycles. The maximum absolute atomic E-state index is 12.2. The smallest absolute Gasteiger partial charge is 0.323 e. The maximum atomic E-state index is 12.2. The number of nitrogens with one attached hydrogen (secondary N) is 2. The van der Waals surface area contributed by atoms with Gasteiger partial charge in [0.05, 0.1) is 0 Å². The van der Waals surface area contributed by atoms with Crippen LogP contribution in [0.4, 0.5) is 9.59 Å². The summed E-state index contributed by atoms with van der Waals surface area (Å²) in [6, 6.07) is -1.38. The molecule has 2 aliphatic rings. The second-order valence-corrected chi connectivity index (χ2v) is 4.45. The molecule has 2 saturated heterocycles. The van der Waals surface area contributed by atoms with Gasteiger partial charge in [-0.05, 0) is 13.3 Å².